The number of carbonyl (C=O) groups is 1. The lowest BCUT2D eigenvalue weighted by molar-refractivity contribution is -0.114. The van der Waals surface area contributed by atoms with Gasteiger partial charge in [0, 0.05) is 0 Å². The van der Waals surface area contributed by atoms with Crippen molar-refractivity contribution in [1.29, 1.82) is 0 Å². The smallest absolute Gasteiger partial charge is 0.280 e. The molecule has 1 aliphatic heterocycles. The molecule has 0 fully saturated rings. The van der Waals surface area contributed by atoms with Crippen molar-refractivity contribution in [3.63, 3.8) is 0 Å². The van der Waals surface area contributed by atoms with Gasteiger partial charge in [-0.15, -0.1) is 0 Å². The molecule has 1 aliphatic rings. The Labute approximate surface area is 156 Å². The average Bonchev–Trinajstić information content (AvgIpc) is 2.92. The maximum absolute atomic E-state index is 12.9. The van der Waals surface area contributed by atoms with Gasteiger partial charge in [0.05, 0.1) is 27.9 Å². The third kappa shape index (κ3) is 2.87. The summed E-state index contributed by atoms with van der Waals surface area (Å²) in [5.74, 6) is -0.265. The van der Waals surface area contributed by atoms with E-state index in [1.165, 1.54) is 11.3 Å². The minimum atomic E-state index is -0.265. The maximum Gasteiger partial charge on any atom is 0.280 e. The second kappa shape index (κ2) is 6.36. The summed E-state index contributed by atoms with van der Waals surface area (Å²) in [5, 5.41) is 6.22. The first-order valence-corrected chi connectivity index (χ1v) is 8.65. The van der Waals surface area contributed by atoms with Gasteiger partial charge < -0.3 is 4.42 Å². The third-order valence-corrected chi connectivity index (χ3v) is 4.61. The molecule has 5 nitrogen and oxygen atoms in total. The molecular weight excluding hydrogens is 340 g/mol. The van der Waals surface area contributed by atoms with Gasteiger partial charge in [0.1, 0.15) is 11.8 Å². The predicted molar refractivity (Wildman–Crippen MR) is 107 cm³/mol. The van der Waals surface area contributed by atoms with Gasteiger partial charge in [-0.25, -0.2) is 0 Å². The summed E-state index contributed by atoms with van der Waals surface area (Å²) in [4.78, 5) is 25.8. The minimum Gasteiger partial charge on any atom is -0.463 e. The number of aryl methyl sites for hydroxylation is 2. The summed E-state index contributed by atoms with van der Waals surface area (Å²) in [6, 6.07) is 13.0. The number of hydrogen-bond acceptors (Lipinski definition) is 4. The molecule has 0 spiro atoms. The largest absolute Gasteiger partial charge is 0.463 e. The van der Waals surface area contributed by atoms with Crippen molar-refractivity contribution in [1.82, 2.24) is 0 Å². The van der Waals surface area contributed by atoms with Crippen molar-refractivity contribution in [2.24, 2.45) is 5.10 Å². The number of anilines is 1. The quantitative estimate of drug-likeness (QED) is 0.645. The molecule has 1 aromatic heterocycles. The summed E-state index contributed by atoms with van der Waals surface area (Å²) >= 11 is 0. The summed E-state index contributed by atoms with van der Waals surface area (Å²) in [6.07, 6.45) is 2.97. The van der Waals surface area contributed by atoms with E-state index in [4.69, 9.17) is 4.42 Å². The number of amides is 1. The first kappa shape index (κ1) is 17.0. The molecule has 0 saturated carbocycles. The fourth-order valence-electron chi connectivity index (χ4n) is 3.32. The van der Waals surface area contributed by atoms with Crippen molar-refractivity contribution in [2.45, 2.75) is 20.8 Å². The highest BCUT2D eigenvalue weighted by Crippen LogP contribution is 2.25. The van der Waals surface area contributed by atoms with Gasteiger partial charge in [0.15, 0.2) is 5.43 Å². The Balaban J connectivity index is 1.81. The second-order valence-electron chi connectivity index (χ2n) is 6.67. The van der Waals surface area contributed by atoms with E-state index < -0.39 is 0 Å². The van der Waals surface area contributed by atoms with Crippen molar-refractivity contribution in [3.8, 4) is 0 Å². The van der Waals surface area contributed by atoms with E-state index >= 15 is 0 Å². The van der Waals surface area contributed by atoms with Crippen molar-refractivity contribution < 1.29 is 9.21 Å². The van der Waals surface area contributed by atoms with Gasteiger partial charge >= 0.3 is 0 Å². The van der Waals surface area contributed by atoms with Crippen LogP contribution in [0.15, 0.2) is 68.6 Å². The molecule has 0 bridgehead atoms. The Bertz CT molecular complexity index is 1190. The molecule has 5 heteroatoms. The Morgan fingerprint density at radius 2 is 1.78 bits per heavy atom. The Morgan fingerprint density at radius 3 is 2.52 bits per heavy atom. The zero-order valence-corrected chi connectivity index (χ0v) is 15.3. The van der Waals surface area contributed by atoms with Crippen molar-refractivity contribution >= 4 is 34.4 Å². The van der Waals surface area contributed by atoms with Gasteiger partial charge in [0.2, 0.25) is 0 Å². The van der Waals surface area contributed by atoms with E-state index in [2.05, 4.69) is 5.10 Å². The summed E-state index contributed by atoms with van der Waals surface area (Å²) in [7, 11) is 0. The number of fused-ring (bicyclic) bond motifs is 1. The van der Waals surface area contributed by atoms with Crippen LogP contribution in [0.3, 0.4) is 0 Å². The number of hydrazone groups is 1. The number of nitrogens with zero attached hydrogens (tertiary/aromatic N) is 2. The van der Waals surface area contributed by atoms with E-state index in [1.54, 1.807) is 13.0 Å². The molecule has 1 amide bonds. The van der Waals surface area contributed by atoms with Gasteiger partial charge in [0.25, 0.3) is 5.91 Å². The molecule has 0 atom stereocenters. The molecule has 0 aliphatic carbocycles. The fraction of sp³-hybridized carbons (Fsp3) is 0.136. The zero-order chi connectivity index (χ0) is 19.1. The number of benzene rings is 2. The van der Waals surface area contributed by atoms with E-state index in [0.29, 0.717) is 33.5 Å². The molecule has 0 saturated heterocycles. The minimum absolute atomic E-state index is 0.153. The van der Waals surface area contributed by atoms with Gasteiger partial charge in [-0.3, -0.25) is 9.59 Å². The van der Waals surface area contributed by atoms with Crippen LogP contribution in [0.2, 0.25) is 0 Å². The van der Waals surface area contributed by atoms with Gasteiger partial charge in [-0.2, -0.15) is 10.1 Å². The van der Waals surface area contributed by atoms with Gasteiger partial charge in [-0.05, 0) is 56.2 Å². The highest BCUT2D eigenvalue weighted by molar-refractivity contribution is 6.32. The number of para-hydroxylation sites is 1. The zero-order valence-electron chi connectivity index (χ0n) is 15.3. The number of hydrogen-bond donors (Lipinski definition) is 0. The topological polar surface area (TPSA) is 62.9 Å². The predicted octanol–water partition coefficient (Wildman–Crippen LogP) is 4.22. The van der Waals surface area contributed by atoms with E-state index in [-0.39, 0.29) is 11.3 Å². The molecular formula is C22H18N2O3. The standard InChI is InChI=1S/C22H18N2O3/c1-13-9-14(2)20-19(10-13)27-12-16(21(20)25)11-18-15(3)23-24(22(18)26)17-7-5-4-6-8-17/h4-12H,1-3H3/b18-11+. The molecule has 27 heavy (non-hydrogen) atoms. The fourth-order valence-corrected chi connectivity index (χ4v) is 3.32. The van der Waals surface area contributed by atoms with Crippen LogP contribution in [0.4, 0.5) is 5.69 Å². The van der Waals surface area contributed by atoms with Crippen LogP contribution in [0.5, 0.6) is 0 Å². The summed E-state index contributed by atoms with van der Waals surface area (Å²) in [5.41, 5.74) is 4.24. The van der Waals surface area contributed by atoms with Crippen LogP contribution in [0, 0.1) is 13.8 Å². The maximum atomic E-state index is 12.9. The van der Waals surface area contributed by atoms with Crippen LogP contribution >= 0.6 is 0 Å². The highest BCUT2D eigenvalue weighted by atomic mass is 16.3. The molecule has 3 aromatic rings. The van der Waals surface area contributed by atoms with Crippen LogP contribution in [-0.4, -0.2) is 11.6 Å². The summed E-state index contributed by atoms with van der Waals surface area (Å²) < 4.78 is 5.67. The number of carbonyl (C=O) groups excluding carboxylic acids is 1. The third-order valence-electron chi connectivity index (χ3n) is 4.61. The monoisotopic (exact) mass is 358 g/mol. The van der Waals surface area contributed by atoms with Gasteiger partial charge in [-0.1, -0.05) is 24.3 Å². The van der Waals surface area contributed by atoms with Crippen molar-refractivity contribution in [2.75, 3.05) is 5.01 Å². The molecule has 134 valence electrons. The van der Waals surface area contributed by atoms with E-state index in [0.717, 1.165) is 11.1 Å². The molecule has 0 N–H and O–H groups in total. The molecule has 0 unspecified atom stereocenters. The van der Waals surface area contributed by atoms with Crippen molar-refractivity contribution in [3.05, 3.63) is 81.2 Å². The summed E-state index contributed by atoms with van der Waals surface area (Å²) in [6.45, 7) is 5.59. The first-order chi connectivity index (χ1) is 13.0. The SMILES string of the molecule is CC1=NN(c2ccccc2)C(=O)/C1=C/c1coc2cc(C)cc(C)c2c1=O. The lowest BCUT2D eigenvalue weighted by Gasteiger charge is -2.11. The Hall–Kier alpha value is -3.47. The van der Waals surface area contributed by atoms with Crippen LogP contribution in [0.25, 0.3) is 17.0 Å². The van der Waals surface area contributed by atoms with Crippen LogP contribution in [-0.2, 0) is 4.79 Å². The molecule has 0 radical (unpaired) electrons. The lowest BCUT2D eigenvalue weighted by Crippen LogP contribution is -2.21. The number of rotatable bonds is 2. The molecule has 2 heterocycles. The van der Waals surface area contributed by atoms with Crippen LogP contribution < -0.4 is 10.4 Å². The first-order valence-electron chi connectivity index (χ1n) is 8.65. The van der Waals surface area contributed by atoms with E-state index in [9.17, 15) is 9.59 Å². The van der Waals surface area contributed by atoms with E-state index in [1.807, 2.05) is 56.3 Å². The molecule has 2 aromatic carbocycles. The normalized spacial score (nSPS) is 15.7. The van der Waals surface area contributed by atoms with Crippen LogP contribution in [0.1, 0.15) is 23.6 Å². The Kier molecular flexibility index (Phi) is 4.00. The second-order valence-corrected chi connectivity index (χ2v) is 6.67. The lowest BCUT2D eigenvalue weighted by atomic mass is 10.0. The molecule has 4 rings (SSSR count). The highest BCUT2D eigenvalue weighted by Gasteiger charge is 2.29. The Morgan fingerprint density at radius 1 is 1.04 bits per heavy atom. The average molecular weight is 358 g/mol.